The second kappa shape index (κ2) is 5.54. The highest BCUT2D eigenvalue weighted by Crippen LogP contribution is 2.25. The number of carbonyl (C=O) groups excluding carboxylic acids is 1. The monoisotopic (exact) mass is 275 g/mol. The summed E-state index contributed by atoms with van der Waals surface area (Å²) in [6.07, 6.45) is 3.25. The largest absolute Gasteiger partial charge is 0.386 e. The van der Waals surface area contributed by atoms with Crippen molar-refractivity contribution in [2.75, 3.05) is 19.8 Å². The van der Waals surface area contributed by atoms with Crippen molar-refractivity contribution in [3.8, 4) is 0 Å². The van der Waals surface area contributed by atoms with Crippen LogP contribution >= 0.6 is 0 Å². The molecule has 2 unspecified atom stereocenters. The van der Waals surface area contributed by atoms with Crippen molar-refractivity contribution in [2.24, 2.45) is 5.92 Å². The van der Waals surface area contributed by atoms with E-state index in [4.69, 9.17) is 4.74 Å². The Kier molecular flexibility index (Phi) is 3.76. The lowest BCUT2D eigenvalue weighted by Crippen LogP contribution is -2.45. The topological polar surface area (TPSA) is 58.6 Å². The Morgan fingerprint density at radius 3 is 2.95 bits per heavy atom. The minimum Gasteiger partial charge on any atom is -0.386 e. The summed E-state index contributed by atoms with van der Waals surface area (Å²) in [6, 6.07) is 8.32. The van der Waals surface area contributed by atoms with Crippen molar-refractivity contribution in [1.29, 1.82) is 0 Å². The molecule has 0 radical (unpaired) electrons. The normalized spacial score (nSPS) is 28.9. The average Bonchev–Trinajstić information content (AvgIpc) is 2.91. The fraction of sp³-hybridized carbons (Fsp3) is 0.562. The minimum atomic E-state index is -0.873. The van der Waals surface area contributed by atoms with E-state index in [0.29, 0.717) is 26.2 Å². The molecule has 2 atom stereocenters. The molecule has 0 saturated carbocycles. The molecule has 1 aliphatic heterocycles. The van der Waals surface area contributed by atoms with E-state index in [1.165, 1.54) is 11.1 Å². The van der Waals surface area contributed by atoms with Gasteiger partial charge in [0, 0.05) is 25.5 Å². The van der Waals surface area contributed by atoms with Gasteiger partial charge in [-0.05, 0) is 30.4 Å². The molecule has 2 N–H and O–H groups in total. The average molecular weight is 275 g/mol. The van der Waals surface area contributed by atoms with Crippen LogP contribution in [0.1, 0.15) is 24.0 Å². The maximum atomic E-state index is 12.2. The molecule has 1 aliphatic carbocycles. The van der Waals surface area contributed by atoms with Crippen LogP contribution in [0.15, 0.2) is 24.3 Å². The van der Waals surface area contributed by atoms with Gasteiger partial charge in [-0.2, -0.15) is 0 Å². The van der Waals surface area contributed by atoms with Gasteiger partial charge in [0.05, 0.1) is 6.61 Å². The number of nitrogens with one attached hydrogen (secondary N) is 1. The number of aliphatic hydroxyl groups is 1. The van der Waals surface area contributed by atoms with Crippen molar-refractivity contribution in [3.63, 3.8) is 0 Å². The fourth-order valence-corrected chi connectivity index (χ4v) is 3.05. The summed E-state index contributed by atoms with van der Waals surface area (Å²) in [5.41, 5.74) is 1.77. The second-order valence-electron chi connectivity index (χ2n) is 5.95. The third kappa shape index (κ3) is 2.86. The van der Waals surface area contributed by atoms with Crippen LogP contribution in [0.4, 0.5) is 0 Å². The number of fused-ring (bicyclic) bond motifs is 1. The third-order valence-corrected chi connectivity index (χ3v) is 4.39. The molecule has 108 valence electrons. The van der Waals surface area contributed by atoms with E-state index in [9.17, 15) is 9.90 Å². The molecule has 2 aliphatic rings. The Hall–Kier alpha value is -1.39. The minimum absolute atomic E-state index is 0.0239. The molecule has 1 amide bonds. The summed E-state index contributed by atoms with van der Waals surface area (Å²) in [7, 11) is 0. The Morgan fingerprint density at radius 1 is 1.40 bits per heavy atom. The fourth-order valence-electron chi connectivity index (χ4n) is 3.05. The lowest BCUT2D eigenvalue weighted by atomic mass is 9.83. The van der Waals surface area contributed by atoms with Gasteiger partial charge in [0.25, 0.3) is 0 Å². The highest BCUT2D eigenvalue weighted by atomic mass is 16.5. The quantitative estimate of drug-likeness (QED) is 0.867. The molecule has 20 heavy (non-hydrogen) atoms. The van der Waals surface area contributed by atoms with Crippen LogP contribution in [-0.2, 0) is 22.4 Å². The molecule has 1 aromatic rings. The van der Waals surface area contributed by atoms with Crippen molar-refractivity contribution in [1.82, 2.24) is 5.32 Å². The maximum Gasteiger partial charge on any atom is 0.223 e. The van der Waals surface area contributed by atoms with Crippen LogP contribution in [0, 0.1) is 5.92 Å². The number of aryl methyl sites for hydroxylation is 1. The Bertz CT molecular complexity index is 494. The zero-order chi connectivity index (χ0) is 14.0. The van der Waals surface area contributed by atoms with Crippen LogP contribution in [0.25, 0.3) is 0 Å². The number of amides is 1. The number of carbonyl (C=O) groups is 1. The van der Waals surface area contributed by atoms with Crippen molar-refractivity contribution >= 4 is 5.91 Å². The molecule has 0 bridgehead atoms. The molecule has 1 heterocycles. The molecule has 4 heteroatoms. The van der Waals surface area contributed by atoms with E-state index in [0.717, 1.165) is 19.3 Å². The third-order valence-electron chi connectivity index (χ3n) is 4.39. The van der Waals surface area contributed by atoms with Crippen LogP contribution in [0.3, 0.4) is 0 Å². The van der Waals surface area contributed by atoms with Gasteiger partial charge in [-0.25, -0.2) is 0 Å². The molecular formula is C16H21NO3. The summed E-state index contributed by atoms with van der Waals surface area (Å²) < 4.78 is 5.18. The van der Waals surface area contributed by atoms with Gasteiger partial charge in [-0.1, -0.05) is 24.3 Å². The zero-order valence-corrected chi connectivity index (χ0v) is 11.6. The van der Waals surface area contributed by atoms with Gasteiger partial charge >= 0.3 is 0 Å². The Balaban J connectivity index is 1.56. The Labute approximate surface area is 119 Å². The molecule has 4 nitrogen and oxygen atoms in total. The molecule has 3 rings (SSSR count). The van der Waals surface area contributed by atoms with Crippen molar-refractivity contribution in [3.05, 3.63) is 35.4 Å². The Morgan fingerprint density at radius 2 is 2.20 bits per heavy atom. The molecule has 1 saturated heterocycles. The highest BCUT2D eigenvalue weighted by Gasteiger charge is 2.33. The molecule has 0 spiro atoms. The predicted octanol–water partition coefficient (Wildman–Crippen LogP) is 1.06. The van der Waals surface area contributed by atoms with E-state index in [1.54, 1.807) is 0 Å². The van der Waals surface area contributed by atoms with E-state index in [-0.39, 0.29) is 11.8 Å². The lowest BCUT2D eigenvalue weighted by molar-refractivity contribution is -0.126. The van der Waals surface area contributed by atoms with E-state index < -0.39 is 5.60 Å². The number of ether oxygens (including phenoxy) is 1. The first-order valence-electron chi connectivity index (χ1n) is 7.31. The van der Waals surface area contributed by atoms with E-state index in [2.05, 4.69) is 23.5 Å². The zero-order valence-electron chi connectivity index (χ0n) is 11.6. The summed E-state index contributed by atoms with van der Waals surface area (Å²) in [5.74, 6) is 0.0793. The summed E-state index contributed by atoms with van der Waals surface area (Å²) >= 11 is 0. The number of hydrogen-bond donors (Lipinski definition) is 2. The number of hydrogen-bond acceptors (Lipinski definition) is 3. The lowest BCUT2D eigenvalue weighted by Gasteiger charge is -2.26. The summed E-state index contributed by atoms with van der Waals surface area (Å²) in [4.78, 5) is 12.2. The van der Waals surface area contributed by atoms with E-state index >= 15 is 0 Å². The van der Waals surface area contributed by atoms with Gasteiger partial charge in [-0.3, -0.25) is 4.79 Å². The van der Waals surface area contributed by atoms with Gasteiger partial charge in [0.15, 0.2) is 0 Å². The molecular weight excluding hydrogens is 254 g/mol. The first kappa shape index (κ1) is 13.6. The number of rotatable bonds is 3. The SMILES string of the molecule is O=C(NCC1(O)CCOC1)C1CCc2ccccc2C1. The van der Waals surface area contributed by atoms with Crippen LogP contribution in [0.5, 0.6) is 0 Å². The molecule has 1 fully saturated rings. The predicted molar refractivity (Wildman–Crippen MR) is 75.4 cm³/mol. The number of benzene rings is 1. The molecule has 1 aromatic carbocycles. The first-order valence-corrected chi connectivity index (χ1v) is 7.31. The van der Waals surface area contributed by atoms with E-state index in [1.807, 2.05) is 6.07 Å². The smallest absolute Gasteiger partial charge is 0.223 e. The van der Waals surface area contributed by atoms with Crippen LogP contribution in [-0.4, -0.2) is 36.4 Å². The molecule has 0 aromatic heterocycles. The van der Waals surface area contributed by atoms with Gasteiger partial charge in [0.1, 0.15) is 5.60 Å². The maximum absolute atomic E-state index is 12.2. The second-order valence-corrected chi connectivity index (χ2v) is 5.95. The van der Waals surface area contributed by atoms with Gasteiger partial charge in [-0.15, -0.1) is 0 Å². The van der Waals surface area contributed by atoms with Crippen molar-refractivity contribution in [2.45, 2.75) is 31.3 Å². The standard InChI is InChI=1S/C16H21NO3/c18-15(17-10-16(19)7-8-20-11-16)14-6-5-12-3-1-2-4-13(12)9-14/h1-4,14,19H,5-11H2,(H,17,18). The summed E-state index contributed by atoms with van der Waals surface area (Å²) in [6.45, 7) is 1.19. The van der Waals surface area contributed by atoms with Crippen LogP contribution in [0.2, 0.25) is 0 Å². The van der Waals surface area contributed by atoms with Gasteiger partial charge in [0.2, 0.25) is 5.91 Å². The summed E-state index contributed by atoms with van der Waals surface area (Å²) in [5, 5.41) is 13.1. The highest BCUT2D eigenvalue weighted by molar-refractivity contribution is 5.79. The van der Waals surface area contributed by atoms with Crippen molar-refractivity contribution < 1.29 is 14.6 Å². The van der Waals surface area contributed by atoms with Crippen LogP contribution < -0.4 is 5.32 Å². The first-order chi connectivity index (χ1) is 9.66. The van der Waals surface area contributed by atoms with Gasteiger partial charge < -0.3 is 15.2 Å².